The summed E-state index contributed by atoms with van der Waals surface area (Å²) < 4.78 is 14.5. The summed E-state index contributed by atoms with van der Waals surface area (Å²) in [6.07, 6.45) is 0. The van der Waals surface area contributed by atoms with Crippen LogP contribution in [-0.2, 0) is 0 Å². The third-order valence-corrected chi connectivity index (χ3v) is 3.52. The molecule has 0 spiro atoms. The second kappa shape index (κ2) is 2.86. The fraction of sp³-hybridized carbons (Fsp3) is 0.125. The van der Waals surface area contributed by atoms with Gasteiger partial charge in [-0.3, -0.25) is 0 Å². The van der Waals surface area contributed by atoms with E-state index in [1.807, 2.05) is 12.1 Å². The number of hydrogen-bond donors (Lipinski definition) is 0. The Morgan fingerprint density at radius 1 is 1.21 bits per heavy atom. The third-order valence-electron chi connectivity index (χ3n) is 1.94. The fourth-order valence-corrected chi connectivity index (χ4v) is 2.77. The van der Waals surface area contributed by atoms with Gasteiger partial charge in [-0.25, -0.2) is 4.98 Å². The molecule has 0 aliphatic rings. The van der Waals surface area contributed by atoms with E-state index in [2.05, 4.69) is 13.7 Å². The molecule has 0 amide bonds. The molecule has 0 aliphatic heterocycles. The van der Waals surface area contributed by atoms with Gasteiger partial charge in [0.15, 0.2) is 0 Å². The number of nitrogens with zero attached hydrogens (tertiary/aromatic N) is 3. The zero-order chi connectivity index (χ0) is 9.54. The van der Waals surface area contributed by atoms with E-state index in [-0.39, 0.29) is 0 Å². The summed E-state index contributed by atoms with van der Waals surface area (Å²) in [6, 6.07) is 3.87. The van der Waals surface area contributed by atoms with Gasteiger partial charge in [0, 0.05) is 0 Å². The summed E-state index contributed by atoms with van der Waals surface area (Å²) in [7, 11) is 1.62. The summed E-state index contributed by atoms with van der Waals surface area (Å²) in [5.41, 5.74) is 2.77. The van der Waals surface area contributed by atoms with E-state index in [1.165, 1.54) is 23.1 Å². The van der Waals surface area contributed by atoms with Crippen molar-refractivity contribution in [3.63, 3.8) is 0 Å². The first-order valence-electron chi connectivity index (χ1n) is 3.94. The molecule has 6 heteroatoms. The highest BCUT2D eigenvalue weighted by molar-refractivity contribution is 7.21. The minimum absolute atomic E-state index is 0.667. The van der Waals surface area contributed by atoms with Crippen LogP contribution in [0.2, 0.25) is 0 Å². The third kappa shape index (κ3) is 1.01. The minimum Gasteiger partial charge on any atom is -0.473 e. The summed E-state index contributed by atoms with van der Waals surface area (Å²) in [4.78, 5) is 4.29. The molecule has 0 atom stereocenters. The van der Waals surface area contributed by atoms with E-state index in [0.29, 0.717) is 5.19 Å². The number of ether oxygens (including phenoxy) is 1. The highest BCUT2D eigenvalue weighted by Crippen LogP contribution is 2.32. The predicted octanol–water partition coefficient (Wildman–Crippen LogP) is 2.31. The number of aromatic nitrogens is 3. The second-order valence-corrected chi connectivity index (χ2v) is 4.22. The molecule has 14 heavy (non-hydrogen) atoms. The van der Waals surface area contributed by atoms with Crippen LogP contribution in [-0.4, -0.2) is 20.8 Å². The SMILES string of the molecule is COc1nc2ccc3nsnc3c2s1. The predicted molar refractivity (Wildman–Crippen MR) is 57.1 cm³/mol. The van der Waals surface area contributed by atoms with Crippen molar-refractivity contribution in [3.8, 4) is 5.19 Å². The Morgan fingerprint density at radius 3 is 2.93 bits per heavy atom. The number of thiazole rings is 1. The Hall–Kier alpha value is -1.27. The largest absolute Gasteiger partial charge is 0.473 e. The van der Waals surface area contributed by atoms with Crippen LogP contribution in [0.3, 0.4) is 0 Å². The van der Waals surface area contributed by atoms with E-state index in [9.17, 15) is 0 Å². The number of hydrogen-bond acceptors (Lipinski definition) is 6. The van der Waals surface area contributed by atoms with Crippen molar-refractivity contribution in [2.75, 3.05) is 7.11 Å². The van der Waals surface area contributed by atoms with Gasteiger partial charge in [-0.15, -0.1) is 0 Å². The van der Waals surface area contributed by atoms with Gasteiger partial charge in [0.25, 0.3) is 5.19 Å². The first-order valence-corrected chi connectivity index (χ1v) is 5.49. The molecule has 0 bridgehead atoms. The van der Waals surface area contributed by atoms with E-state index < -0.39 is 0 Å². The van der Waals surface area contributed by atoms with Crippen molar-refractivity contribution < 1.29 is 4.74 Å². The summed E-state index contributed by atoms with van der Waals surface area (Å²) in [5.74, 6) is 0. The number of rotatable bonds is 1. The second-order valence-electron chi connectivity index (χ2n) is 2.73. The Morgan fingerprint density at radius 2 is 2.07 bits per heavy atom. The molecule has 0 N–H and O–H groups in total. The average molecular weight is 223 g/mol. The quantitative estimate of drug-likeness (QED) is 0.635. The summed E-state index contributed by atoms with van der Waals surface area (Å²) >= 11 is 2.72. The van der Waals surface area contributed by atoms with Gasteiger partial charge in [-0.05, 0) is 12.1 Å². The van der Waals surface area contributed by atoms with Crippen molar-refractivity contribution in [2.45, 2.75) is 0 Å². The molecule has 2 heterocycles. The molecule has 4 nitrogen and oxygen atoms in total. The Bertz CT molecular complexity index is 601. The molecule has 0 radical (unpaired) electrons. The highest BCUT2D eigenvalue weighted by atomic mass is 32.1. The van der Waals surface area contributed by atoms with Crippen LogP contribution in [0.15, 0.2) is 12.1 Å². The number of methoxy groups -OCH3 is 1. The van der Waals surface area contributed by atoms with Gasteiger partial charge in [-0.2, -0.15) is 8.75 Å². The molecule has 3 rings (SSSR count). The monoisotopic (exact) mass is 223 g/mol. The Kier molecular flexibility index (Phi) is 1.65. The van der Waals surface area contributed by atoms with Crippen LogP contribution >= 0.6 is 23.1 Å². The van der Waals surface area contributed by atoms with Crippen LogP contribution in [0.25, 0.3) is 21.3 Å². The maximum Gasteiger partial charge on any atom is 0.274 e. The van der Waals surface area contributed by atoms with Gasteiger partial charge >= 0.3 is 0 Å². The molecule has 0 unspecified atom stereocenters. The molecule has 70 valence electrons. The van der Waals surface area contributed by atoms with Crippen molar-refractivity contribution in [1.29, 1.82) is 0 Å². The molecule has 0 saturated carbocycles. The smallest absolute Gasteiger partial charge is 0.274 e. The molecular formula is C8H5N3OS2. The van der Waals surface area contributed by atoms with E-state index >= 15 is 0 Å². The molecular weight excluding hydrogens is 218 g/mol. The van der Waals surface area contributed by atoms with Crippen molar-refractivity contribution in [1.82, 2.24) is 13.7 Å². The van der Waals surface area contributed by atoms with E-state index in [1.54, 1.807) is 7.11 Å². The lowest BCUT2D eigenvalue weighted by Gasteiger charge is -1.85. The number of fused-ring (bicyclic) bond motifs is 3. The van der Waals surface area contributed by atoms with Gasteiger partial charge in [0.1, 0.15) is 11.0 Å². The molecule has 0 fully saturated rings. The molecule has 1 aromatic carbocycles. The summed E-state index contributed by atoms with van der Waals surface area (Å²) in [6.45, 7) is 0. The van der Waals surface area contributed by atoms with Crippen LogP contribution in [0.5, 0.6) is 5.19 Å². The van der Waals surface area contributed by atoms with Crippen LogP contribution in [0.1, 0.15) is 0 Å². The first-order chi connectivity index (χ1) is 6.88. The Balaban J connectivity index is 2.49. The average Bonchev–Trinajstić information content (AvgIpc) is 2.82. The summed E-state index contributed by atoms with van der Waals surface area (Å²) in [5, 5.41) is 0.667. The Labute approximate surface area is 87.5 Å². The van der Waals surface area contributed by atoms with Gasteiger partial charge in [0.05, 0.1) is 29.1 Å². The van der Waals surface area contributed by atoms with Crippen molar-refractivity contribution in [3.05, 3.63) is 12.1 Å². The topological polar surface area (TPSA) is 47.9 Å². The maximum absolute atomic E-state index is 5.09. The van der Waals surface area contributed by atoms with Crippen LogP contribution < -0.4 is 4.74 Å². The minimum atomic E-state index is 0.667. The first kappa shape index (κ1) is 8.07. The van der Waals surface area contributed by atoms with Gasteiger partial charge in [-0.1, -0.05) is 11.3 Å². The van der Waals surface area contributed by atoms with E-state index in [4.69, 9.17) is 4.74 Å². The zero-order valence-corrected chi connectivity index (χ0v) is 8.85. The maximum atomic E-state index is 5.09. The van der Waals surface area contributed by atoms with Crippen molar-refractivity contribution in [2.24, 2.45) is 0 Å². The van der Waals surface area contributed by atoms with Crippen LogP contribution in [0.4, 0.5) is 0 Å². The fourth-order valence-electron chi connectivity index (χ4n) is 1.30. The lowest BCUT2D eigenvalue weighted by molar-refractivity contribution is 0.413. The van der Waals surface area contributed by atoms with Crippen molar-refractivity contribution >= 4 is 44.3 Å². The molecule has 0 aliphatic carbocycles. The van der Waals surface area contributed by atoms with Gasteiger partial charge < -0.3 is 4.74 Å². The lowest BCUT2D eigenvalue weighted by atomic mass is 10.3. The zero-order valence-electron chi connectivity index (χ0n) is 7.22. The number of benzene rings is 1. The normalized spacial score (nSPS) is 11.2. The molecule has 3 aromatic rings. The van der Waals surface area contributed by atoms with E-state index in [0.717, 1.165) is 21.3 Å². The highest BCUT2D eigenvalue weighted by Gasteiger charge is 2.09. The van der Waals surface area contributed by atoms with Crippen LogP contribution in [0, 0.1) is 0 Å². The van der Waals surface area contributed by atoms with Gasteiger partial charge in [0.2, 0.25) is 0 Å². The molecule has 0 saturated heterocycles. The molecule has 2 aromatic heterocycles. The standard InChI is InChI=1S/C8H5N3OS2/c1-12-8-9-5-3-2-4-6(7(5)13-8)11-14-10-4/h2-3H,1H3. The lowest BCUT2D eigenvalue weighted by Crippen LogP contribution is -1.78.